The summed E-state index contributed by atoms with van der Waals surface area (Å²) in [6.45, 7) is -1.95. The third kappa shape index (κ3) is 3.75. The number of hydrogen-bond acceptors (Lipinski definition) is 5. The van der Waals surface area contributed by atoms with Gasteiger partial charge in [-0.25, -0.2) is 9.37 Å². The number of aromatic nitrogens is 3. The van der Waals surface area contributed by atoms with E-state index in [2.05, 4.69) is 15.2 Å². The van der Waals surface area contributed by atoms with E-state index in [1.165, 1.54) is 18.2 Å². The van der Waals surface area contributed by atoms with Crippen molar-refractivity contribution in [1.82, 2.24) is 20.1 Å². The monoisotopic (exact) mass is 503 g/mol. The molecule has 8 nitrogen and oxygen atoms in total. The van der Waals surface area contributed by atoms with Gasteiger partial charge < -0.3 is 14.5 Å². The molecule has 2 fully saturated rings. The highest BCUT2D eigenvalue weighted by Crippen LogP contribution is 2.55. The van der Waals surface area contributed by atoms with Crippen molar-refractivity contribution in [2.24, 2.45) is 0 Å². The summed E-state index contributed by atoms with van der Waals surface area (Å²) < 4.78 is 60.1. The molecule has 0 unspecified atom stereocenters. The number of H-pyrrole nitrogens is 1. The fraction of sp³-hybridized carbons (Fsp3) is 0.417. The first-order valence-electron chi connectivity index (χ1n) is 11.6. The minimum Gasteiger partial charge on any atom is -0.474 e. The Morgan fingerprint density at radius 3 is 2.72 bits per heavy atom. The second kappa shape index (κ2) is 7.90. The van der Waals surface area contributed by atoms with Gasteiger partial charge in [-0.1, -0.05) is 6.07 Å². The first-order valence-corrected chi connectivity index (χ1v) is 11.6. The molecule has 36 heavy (non-hydrogen) atoms. The molecule has 1 aliphatic heterocycles. The van der Waals surface area contributed by atoms with Crippen molar-refractivity contribution in [1.29, 1.82) is 0 Å². The average molecular weight is 503 g/mol. The Kier molecular flexibility index (Phi) is 4.99. The Hall–Kier alpha value is -3.70. The van der Waals surface area contributed by atoms with Crippen LogP contribution >= 0.6 is 0 Å². The van der Waals surface area contributed by atoms with Gasteiger partial charge in [-0.3, -0.25) is 14.7 Å². The molecule has 1 aromatic carbocycles. The quantitative estimate of drug-likeness (QED) is 0.521. The SMILES string of the molecule is O=C(CN1C(=O)C2(CC(Oc3ccc4[nH]ncc4n3)C2)c2c(F)cccc21)N(CC(F)(F)F)C1CC1. The second-order valence-corrected chi connectivity index (χ2v) is 9.58. The van der Waals surface area contributed by atoms with E-state index in [4.69, 9.17) is 4.74 Å². The maximum Gasteiger partial charge on any atom is 0.406 e. The number of ether oxygens (including phenoxy) is 1. The van der Waals surface area contributed by atoms with Gasteiger partial charge in [0.2, 0.25) is 17.7 Å². The van der Waals surface area contributed by atoms with Gasteiger partial charge >= 0.3 is 6.18 Å². The molecular weight excluding hydrogens is 482 g/mol. The van der Waals surface area contributed by atoms with Crippen LogP contribution in [0.3, 0.4) is 0 Å². The molecule has 6 rings (SSSR count). The molecule has 188 valence electrons. The Balaban J connectivity index is 1.23. The molecule has 2 aromatic heterocycles. The predicted octanol–water partition coefficient (Wildman–Crippen LogP) is 3.48. The van der Waals surface area contributed by atoms with Gasteiger partial charge in [0, 0.05) is 30.5 Å². The third-order valence-corrected chi connectivity index (χ3v) is 7.08. The van der Waals surface area contributed by atoms with Crippen LogP contribution in [0.25, 0.3) is 11.0 Å². The smallest absolute Gasteiger partial charge is 0.406 e. The van der Waals surface area contributed by atoms with Crippen LogP contribution < -0.4 is 9.64 Å². The van der Waals surface area contributed by atoms with Crippen molar-refractivity contribution in [2.45, 2.75) is 49.4 Å². The second-order valence-electron chi connectivity index (χ2n) is 9.58. The molecule has 0 radical (unpaired) electrons. The van der Waals surface area contributed by atoms with E-state index in [0.29, 0.717) is 24.2 Å². The lowest BCUT2D eigenvalue weighted by Gasteiger charge is -2.43. The lowest BCUT2D eigenvalue weighted by atomic mass is 9.63. The largest absolute Gasteiger partial charge is 0.474 e. The molecular formula is C24H21F4N5O3. The number of aromatic amines is 1. The van der Waals surface area contributed by atoms with Crippen molar-refractivity contribution in [3.63, 3.8) is 0 Å². The number of benzene rings is 1. The number of halogens is 4. The molecule has 0 saturated heterocycles. The van der Waals surface area contributed by atoms with E-state index in [9.17, 15) is 22.8 Å². The molecule has 2 amide bonds. The Labute approximate surface area is 202 Å². The number of fused-ring (bicyclic) bond motifs is 3. The standard InChI is InChI=1S/C24H21F4N5O3/c25-15-2-1-3-18-21(15)23(8-14(9-23)36-19-7-6-16-17(30-19)10-29-31-16)22(35)32(18)11-20(34)33(13-4-5-13)12-24(26,27)28/h1-3,6-7,10,13-14H,4-5,8-9,11-12H2,(H,29,31). The lowest BCUT2D eigenvalue weighted by Crippen LogP contribution is -2.55. The number of anilines is 1. The van der Waals surface area contributed by atoms with Crippen LogP contribution in [0.5, 0.6) is 5.88 Å². The number of nitrogens with one attached hydrogen (secondary N) is 1. The summed E-state index contributed by atoms with van der Waals surface area (Å²) in [5, 5.41) is 6.70. The van der Waals surface area contributed by atoms with E-state index in [0.717, 1.165) is 15.3 Å². The Bertz CT molecular complexity index is 1360. The van der Waals surface area contributed by atoms with E-state index in [1.54, 1.807) is 18.3 Å². The highest BCUT2D eigenvalue weighted by molar-refractivity contribution is 6.11. The fourth-order valence-electron chi connectivity index (χ4n) is 5.30. The number of rotatable bonds is 6. The van der Waals surface area contributed by atoms with E-state index < -0.39 is 54.5 Å². The first kappa shape index (κ1) is 22.7. The summed E-state index contributed by atoms with van der Waals surface area (Å²) in [7, 11) is 0. The number of carbonyl (C=O) groups is 2. The molecule has 3 aliphatic rings. The van der Waals surface area contributed by atoms with Crippen molar-refractivity contribution in [3.05, 3.63) is 47.9 Å². The van der Waals surface area contributed by atoms with Crippen LogP contribution in [0.1, 0.15) is 31.2 Å². The number of pyridine rings is 1. The number of alkyl halides is 3. The summed E-state index contributed by atoms with van der Waals surface area (Å²) in [6, 6.07) is 7.11. The van der Waals surface area contributed by atoms with Crippen molar-refractivity contribution >= 4 is 28.5 Å². The van der Waals surface area contributed by atoms with Gasteiger partial charge in [-0.15, -0.1) is 0 Å². The summed E-state index contributed by atoms with van der Waals surface area (Å²) >= 11 is 0. The number of carbonyl (C=O) groups excluding carboxylic acids is 2. The molecule has 0 bridgehead atoms. The maximum absolute atomic E-state index is 15.0. The molecule has 2 saturated carbocycles. The van der Waals surface area contributed by atoms with Crippen LogP contribution in [-0.2, 0) is 15.0 Å². The molecule has 3 aromatic rings. The van der Waals surface area contributed by atoms with Crippen LogP contribution in [0.4, 0.5) is 23.2 Å². The maximum atomic E-state index is 15.0. The highest BCUT2D eigenvalue weighted by atomic mass is 19.4. The van der Waals surface area contributed by atoms with E-state index >= 15 is 4.39 Å². The number of hydrogen-bond donors (Lipinski definition) is 1. The van der Waals surface area contributed by atoms with Crippen LogP contribution in [0, 0.1) is 5.82 Å². The average Bonchev–Trinajstić information content (AvgIpc) is 3.48. The molecule has 12 heteroatoms. The van der Waals surface area contributed by atoms with Gasteiger partial charge in [0.15, 0.2) is 0 Å². The molecule has 3 heterocycles. The summed E-state index contributed by atoms with van der Waals surface area (Å²) in [4.78, 5) is 32.7. The number of amides is 2. The van der Waals surface area contributed by atoms with Crippen LogP contribution in [0.2, 0.25) is 0 Å². The topological polar surface area (TPSA) is 91.4 Å². The van der Waals surface area contributed by atoms with Gasteiger partial charge in [-0.2, -0.15) is 18.3 Å². The zero-order valence-corrected chi connectivity index (χ0v) is 18.9. The van der Waals surface area contributed by atoms with Crippen LogP contribution in [-0.4, -0.2) is 63.3 Å². The molecule has 2 aliphatic carbocycles. The number of nitrogens with zero attached hydrogens (tertiary/aromatic N) is 4. The lowest BCUT2D eigenvalue weighted by molar-refractivity contribution is -0.161. The van der Waals surface area contributed by atoms with Gasteiger partial charge in [0.05, 0.1) is 22.8 Å². The molecule has 1 spiro atoms. The fourth-order valence-corrected chi connectivity index (χ4v) is 5.30. The Morgan fingerprint density at radius 2 is 2.00 bits per heavy atom. The van der Waals surface area contributed by atoms with Gasteiger partial charge in [0.25, 0.3) is 0 Å². The van der Waals surface area contributed by atoms with Crippen LogP contribution in [0.15, 0.2) is 36.5 Å². The summed E-state index contributed by atoms with van der Waals surface area (Å²) in [6.07, 6.45) is -2.14. The summed E-state index contributed by atoms with van der Waals surface area (Å²) in [5.74, 6) is -1.57. The summed E-state index contributed by atoms with van der Waals surface area (Å²) in [5.41, 5.74) is 0.487. The minimum absolute atomic E-state index is 0.157. The van der Waals surface area contributed by atoms with Gasteiger partial charge in [0.1, 0.15) is 30.5 Å². The van der Waals surface area contributed by atoms with E-state index in [1.807, 2.05) is 0 Å². The zero-order chi connectivity index (χ0) is 25.2. The molecule has 1 N–H and O–H groups in total. The predicted molar refractivity (Wildman–Crippen MR) is 119 cm³/mol. The minimum atomic E-state index is -4.55. The zero-order valence-electron chi connectivity index (χ0n) is 18.9. The normalized spacial score (nSPS) is 23.2. The van der Waals surface area contributed by atoms with Crippen molar-refractivity contribution < 1.29 is 31.9 Å². The molecule has 0 atom stereocenters. The highest BCUT2D eigenvalue weighted by Gasteiger charge is 2.61. The van der Waals surface area contributed by atoms with Gasteiger partial charge in [-0.05, 0) is 31.0 Å². The Morgan fingerprint density at radius 1 is 1.22 bits per heavy atom. The van der Waals surface area contributed by atoms with Crippen molar-refractivity contribution in [2.75, 3.05) is 18.0 Å². The van der Waals surface area contributed by atoms with E-state index in [-0.39, 0.29) is 24.1 Å². The van der Waals surface area contributed by atoms with Crippen molar-refractivity contribution in [3.8, 4) is 5.88 Å². The third-order valence-electron chi connectivity index (χ3n) is 7.08. The first-order chi connectivity index (χ1) is 17.1.